The van der Waals surface area contributed by atoms with E-state index >= 15 is 0 Å². The lowest BCUT2D eigenvalue weighted by atomic mass is 10.1. The molecule has 0 radical (unpaired) electrons. The predicted molar refractivity (Wildman–Crippen MR) is 73.1 cm³/mol. The molecule has 3 heteroatoms. The van der Waals surface area contributed by atoms with Gasteiger partial charge in [-0.05, 0) is 36.8 Å². The molecule has 0 bridgehead atoms. The van der Waals surface area contributed by atoms with E-state index in [0.717, 1.165) is 21.6 Å². The van der Waals surface area contributed by atoms with Crippen molar-refractivity contribution in [3.05, 3.63) is 59.2 Å². The minimum atomic E-state index is -0.0453. The molecule has 0 aromatic heterocycles. The van der Waals surface area contributed by atoms with E-state index in [2.05, 4.69) is 0 Å². The molecule has 0 aliphatic carbocycles. The van der Waals surface area contributed by atoms with Crippen LogP contribution in [0.2, 0.25) is 0 Å². The third-order valence-electron chi connectivity index (χ3n) is 2.63. The van der Waals surface area contributed by atoms with Crippen LogP contribution < -0.4 is 0 Å². The minimum Gasteiger partial charge on any atom is -0.392 e. The first-order chi connectivity index (χ1) is 8.72. The monoisotopic (exact) mass is 258 g/mol. The summed E-state index contributed by atoms with van der Waals surface area (Å²) < 4.78 is 0. The van der Waals surface area contributed by atoms with Crippen molar-refractivity contribution in [2.24, 2.45) is 0 Å². The van der Waals surface area contributed by atoms with Crippen molar-refractivity contribution in [1.29, 1.82) is 0 Å². The highest BCUT2D eigenvalue weighted by Gasteiger charge is 2.05. The number of aryl methyl sites for hydroxylation is 1. The van der Waals surface area contributed by atoms with Crippen LogP contribution in [0.15, 0.2) is 52.3 Å². The third kappa shape index (κ3) is 3.00. The Balaban J connectivity index is 2.28. The molecular weight excluding hydrogens is 244 g/mol. The largest absolute Gasteiger partial charge is 0.392 e. The molecule has 1 N–H and O–H groups in total. The molecule has 18 heavy (non-hydrogen) atoms. The van der Waals surface area contributed by atoms with Gasteiger partial charge >= 0.3 is 0 Å². The molecule has 0 spiro atoms. The smallest absolute Gasteiger partial charge is 0.151 e. The van der Waals surface area contributed by atoms with Crippen molar-refractivity contribution in [1.82, 2.24) is 0 Å². The van der Waals surface area contributed by atoms with Crippen molar-refractivity contribution in [2.75, 3.05) is 0 Å². The molecule has 0 saturated heterocycles. The van der Waals surface area contributed by atoms with Crippen molar-refractivity contribution in [3.63, 3.8) is 0 Å². The lowest BCUT2D eigenvalue weighted by Crippen LogP contribution is -1.90. The van der Waals surface area contributed by atoms with E-state index in [9.17, 15) is 4.79 Å². The third-order valence-corrected chi connectivity index (χ3v) is 3.73. The topological polar surface area (TPSA) is 37.3 Å². The molecule has 0 aliphatic heterocycles. The second kappa shape index (κ2) is 5.85. The van der Waals surface area contributed by atoms with Crippen molar-refractivity contribution in [3.8, 4) is 0 Å². The summed E-state index contributed by atoms with van der Waals surface area (Å²) in [5.74, 6) is 0. The molecule has 0 heterocycles. The molecule has 0 unspecified atom stereocenters. The molecule has 0 saturated carbocycles. The molecule has 2 aromatic carbocycles. The number of benzene rings is 2. The summed E-state index contributed by atoms with van der Waals surface area (Å²) in [6.45, 7) is 2.00. The van der Waals surface area contributed by atoms with Gasteiger partial charge in [0.1, 0.15) is 0 Å². The van der Waals surface area contributed by atoms with Crippen molar-refractivity contribution in [2.45, 2.75) is 23.3 Å². The normalized spacial score (nSPS) is 10.3. The van der Waals surface area contributed by atoms with Crippen LogP contribution in [0.3, 0.4) is 0 Å². The maximum Gasteiger partial charge on any atom is 0.151 e. The van der Waals surface area contributed by atoms with E-state index in [1.165, 1.54) is 5.56 Å². The average molecular weight is 258 g/mol. The number of aliphatic hydroxyl groups is 1. The molecule has 2 nitrogen and oxygen atoms in total. The summed E-state index contributed by atoms with van der Waals surface area (Å²) in [5, 5.41) is 9.05. The number of carbonyl (C=O) groups is 1. The second-order valence-corrected chi connectivity index (χ2v) is 5.18. The van der Waals surface area contributed by atoms with E-state index in [4.69, 9.17) is 5.11 Å². The minimum absolute atomic E-state index is 0.0453. The molecule has 0 fully saturated rings. The molecule has 92 valence electrons. The number of aldehydes is 1. The molecule has 0 aliphatic rings. The number of hydrogen-bond donors (Lipinski definition) is 1. The number of carbonyl (C=O) groups excluding carboxylic acids is 1. The van der Waals surface area contributed by atoms with Gasteiger partial charge in [0, 0.05) is 15.4 Å². The second-order valence-electron chi connectivity index (χ2n) is 4.06. The fourth-order valence-corrected chi connectivity index (χ4v) is 2.50. The zero-order valence-electron chi connectivity index (χ0n) is 10.1. The van der Waals surface area contributed by atoms with Crippen LogP contribution >= 0.6 is 11.8 Å². The first kappa shape index (κ1) is 12.9. The summed E-state index contributed by atoms with van der Waals surface area (Å²) in [5.41, 5.74) is 2.59. The Labute approximate surface area is 111 Å². The number of aliphatic hydroxyl groups excluding tert-OH is 1. The maximum absolute atomic E-state index is 11.0. The Morgan fingerprint density at radius 1 is 1.17 bits per heavy atom. The quantitative estimate of drug-likeness (QED) is 0.853. The van der Waals surface area contributed by atoms with E-state index in [-0.39, 0.29) is 6.61 Å². The van der Waals surface area contributed by atoms with Gasteiger partial charge in [-0.1, -0.05) is 35.5 Å². The fraction of sp³-hybridized carbons (Fsp3) is 0.133. The summed E-state index contributed by atoms with van der Waals surface area (Å²) >= 11 is 1.55. The summed E-state index contributed by atoms with van der Waals surface area (Å²) in [4.78, 5) is 13.1. The lowest BCUT2D eigenvalue weighted by molar-refractivity contribution is 0.112. The summed E-state index contributed by atoms with van der Waals surface area (Å²) in [7, 11) is 0. The Bertz CT molecular complexity index is 547. The highest BCUT2D eigenvalue weighted by Crippen LogP contribution is 2.30. The van der Waals surface area contributed by atoms with Crippen LogP contribution in [0.1, 0.15) is 21.5 Å². The van der Waals surface area contributed by atoms with Gasteiger partial charge in [-0.3, -0.25) is 4.79 Å². The zero-order valence-corrected chi connectivity index (χ0v) is 10.9. The number of rotatable bonds is 4. The van der Waals surface area contributed by atoms with E-state index < -0.39 is 0 Å². The van der Waals surface area contributed by atoms with Gasteiger partial charge in [-0.15, -0.1) is 0 Å². The molecule has 2 rings (SSSR count). The van der Waals surface area contributed by atoms with Crippen molar-refractivity contribution < 1.29 is 9.90 Å². The standard InChI is InChI=1S/C15H14O2S/c1-11-2-5-14(6-3-11)18-15-7-4-12(9-16)8-13(15)10-17/h2-8,10,16H,9H2,1H3. The molecular formula is C15H14O2S. The first-order valence-corrected chi connectivity index (χ1v) is 6.48. The van der Waals surface area contributed by atoms with Gasteiger partial charge in [0.15, 0.2) is 6.29 Å². The summed E-state index contributed by atoms with van der Waals surface area (Å²) in [6.07, 6.45) is 0.829. The van der Waals surface area contributed by atoms with Gasteiger partial charge in [-0.25, -0.2) is 0 Å². The Hall–Kier alpha value is -1.58. The van der Waals surface area contributed by atoms with Crippen LogP contribution in [0.4, 0.5) is 0 Å². The van der Waals surface area contributed by atoms with Gasteiger partial charge < -0.3 is 5.11 Å². The highest BCUT2D eigenvalue weighted by molar-refractivity contribution is 7.99. The molecule has 2 aromatic rings. The van der Waals surface area contributed by atoms with Crippen LogP contribution in [-0.4, -0.2) is 11.4 Å². The van der Waals surface area contributed by atoms with Crippen molar-refractivity contribution >= 4 is 18.0 Å². The van der Waals surface area contributed by atoms with Gasteiger partial charge in [0.25, 0.3) is 0 Å². The average Bonchev–Trinajstić information content (AvgIpc) is 2.41. The Morgan fingerprint density at radius 2 is 1.89 bits per heavy atom. The van der Waals surface area contributed by atoms with Crippen LogP contribution in [-0.2, 0) is 6.61 Å². The van der Waals surface area contributed by atoms with Gasteiger partial charge in [-0.2, -0.15) is 0 Å². The van der Waals surface area contributed by atoms with E-state index in [1.54, 1.807) is 17.8 Å². The summed E-state index contributed by atoms with van der Waals surface area (Å²) in [6, 6.07) is 13.6. The Morgan fingerprint density at radius 3 is 2.50 bits per heavy atom. The number of hydrogen-bond acceptors (Lipinski definition) is 3. The van der Waals surface area contributed by atoms with Crippen LogP contribution in [0.5, 0.6) is 0 Å². The first-order valence-electron chi connectivity index (χ1n) is 5.66. The van der Waals surface area contributed by atoms with Crippen LogP contribution in [0, 0.1) is 6.92 Å². The Kier molecular flexibility index (Phi) is 4.18. The lowest BCUT2D eigenvalue weighted by Gasteiger charge is -2.06. The molecule has 0 amide bonds. The van der Waals surface area contributed by atoms with Gasteiger partial charge in [0.2, 0.25) is 0 Å². The van der Waals surface area contributed by atoms with Crippen LogP contribution in [0.25, 0.3) is 0 Å². The zero-order chi connectivity index (χ0) is 13.0. The highest BCUT2D eigenvalue weighted by atomic mass is 32.2. The van der Waals surface area contributed by atoms with E-state index in [1.807, 2.05) is 43.3 Å². The maximum atomic E-state index is 11.0. The molecule has 0 atom stereocenters. The fourth-order valence-electron chi connectivity index (χ4n) is 1.61. The predicted octanol–water partition coefficient (Wildman–Crippen LogP) is 3.45. The van der Waals surface area contributed by atoms with Gasteiger partial charge in [0.05, 0.1) is 6.61 Å². The SMILES string of the molecule is Cc1ccc(Sc2ccc(CO)cc2C=O)cc1. The van der Waals surface area contributed by atoms with E-state index in [0.29, 0.717) is 5.56 Å².